The highest BCUT2D eigenvalue weighted by Crippen LogP contribution is 2.35. The van der Waals surface area contributed by atoms with Crippen molar-refractivity contribution in [3.8, 4) is 6.07 Å². The van der Waals surface area contributed by atoms with Crippen LogP contribution in [0, 0.1) is 18.3 Å². The Bertz CT molecular complexity index is 646. The third-order valence-corrected chi connectivity index (χ3v) is 5.22. The zero-order chi connectivity index (χ0) is 16.4. The summed E-state index contributed by atoms with van der Waals surface area (Å²) in [5, 5.41) is 8.86. The lowest BCUT2D eigenvalue weighted by Crippen LogP contribution is -2.40. The lowest BCUT2D eigenvalue weighted by atomic mass is 10.3. The Kier molecular flexibility index (Phi) is 5.32. The van der Waals surface area contributed by atoms with E-state index in [1.165, 1.54) is 21.0 Å². The van der Waals surface area contributed by atoms with Crippen LogP contribution < -0.4 is 0 Å². The molecule has 1 aromatic heterocycles. The minimum atomic E-state index is -4.67. The Morgan fingerprint density at radius 2 is 1.95 bits per heavy atom. The van der Waals surface area contributed by atoms with Crippen LogP contribution in [-0.2, 0) is 22.9 Å². The number of halogens is 3. The van der Waals surface area contributed by atoms with Crippen LogP contribution in [0.25, 0.3) is 0 Å². The Balaban J connectivity index is 3.21. The van der Waals surface area contributed by atoms with Gasteiger partial charge in [-0.3, -0.25) is 0 Å². The van der Waals surface area contributed by atoms with Crippen LogP contribution in [0.2, 0.25) is 0 Å². The van der Waals surface area contributed by atoms with Gasteiger partial charge in [-0.15, -0.1) is 11.3 Å². The molecule has 0 fully saturated rings. The third-order valence-electron chi connectivity index (χ3n) is 2.43. The average molecular weight is 342 g/mol. The molecule has 0 N–H and O–H groups in total. The van der Waals surface area contributed by atoms with Gasteiger partial charge in [-0.25, -0.2) is 4.98 Å². The minimum Gasteiger partial charge on any atom is -0.237 e. The zero-order valence-electron chi connectivity index (χ0n) is 11.5. The highest BCUT2D eigenvalue weighted by Gasteiger charge is 2.38. The first kappa shape index (κ1) is 17.8. The summed E-state index contributed by atoms with van der Waals surface area (Å²) in [4.78, 5) is 3.16. The van der Waals surface area contributed by atoms with Crippen molar-refractivity contribution < 1.29 is 21.6 Å². The van der Waals surface area contributed by atoms with Crippen LogP contribution in [0.3, 0.4) is 0 Å². The van der Waals surface area contributed by atoms with Gasteiger partial charge in [0.15, 0.2) is 5.69 Å². The molecule has 118 valence electrons. The maximum Gasteiger partial charge on any atom is 0.434 e. The van der Waals surface area contributed by atoms with E-state index >= 15 is 0 Å². The summed E-state index contributed by atoms with van der Waals surface area (Å²) >= 11 is 0.758. The van der Waals surface area contributed by atoms with Gasteiger partial charge in [-0.1, -0.05) is 0 Å². The highest BCUT2D eigenvalue weighted by atomic mass is 32.2. The molecule has 0 aliphatic rings. The van der Waals surface area contributed by atoms with Crippen molar-refractivity contribution in [2.45, 2.75) is 19.6 Å². The molecule has 1 aromatic rings. The summed E-state index contributed by atoms with van der Waals surface area (Å²) in [6.45, 7) is 0.307. The molecule has 0 saturated carbocycles. The highest BCUT2D eigenvalue weighted by molar-refractivity contribution is 7.86. The predicted octanol–water partition coefficient (Wildman–Crippen LogP) is 1.60. The second-order valence-corrected chi connectivity index (χ2v) is 7.65. The van der Waals surface area contributed by atoms with Crippen molar-refractivity contribution in [1.82, 2.24) is 13.6 Å². The first-order valence-corrected chi connectivity index (χ1v) is 7.79. The van der Waals surface area contributed by atoms with Gasteiger partial charge in [0.25, 0.3) is 10.2 Å². The fourth-order valence-corrected chi connectivity index (χ4v) is 3.52. The van der Waals surface area contributed by atoms with Crippen molar-refractivity contribution in [3.63, 3.8) is 0 Å². The molecule has 0 radical (unpaired) electrons. The number of nitriles is 1. The van der Waals surface area contributed by atoms with E-state index in [9.17, 15) is 21.6 Å². The number of hydrogen-bond acceptors (Lipinski definition) is 5. The summed E-state index contributed by atoms with van der Waals surface area (Å²) in [6, 6.07) is 1.64. The molecule has 0 aliphatic carbocycles. The average Bonchev–Trinajstić information content (AvgIpc) is 2.69. The summed E-state index contributed by atoms with van der Waals surface area (Å²) < 4.78 is 64.1. The van der Waals surface area contributed by atoms with E-state index in [1.807, 2.05) is 0 Å². The third kappa shape index (κ3) is 4.13. The van der Waals surface area contributed by atoms with Gasteiger partial charge < -0.3 is 0 Å². The number of alkyl halides is 3. The van der Waals surface area contributed by atoms with Gasteiger partial charge in [0.05, 0.1) is 22.5 Å². The predicted molar refractivity (Wildman–Crippen MR) is 70.5 cm³/mol. The first-order valence-electron chi connectivity index (χ1n) is 5.58. The number of nitrogens with zero attached hydrogens (tertiary/aromatic N) is 4. The van der Waals surface area contributed by atoms with E-state index in [2.05, 4.69) is 4.98 Å². The molecule has 0 amide bonds. The second-order valence-electron chi connectivity index (χ2n) is 4.22. The molecule has 0 spiro atoms. The molecule has 0 saturated heterocycles. The summed E-state index contributed by atoms with van der Waals surface area (Å²) in [5.74, 6) is 0. The van der Waals surface area contributed by atoms with Crippen molar-refractivity contribution in [1.29, 1.82) is 5.26 Å². The van der Waals surface area contributed by atoms with Crippen LogP contribution in [0.4, 0.5) is 13.2 Å². The molecule has 0 unspecified atom stereocenters. The van der Waals surface area contributed by atoms with Crippen molar-refractivity contribution in [3.05, 3.63) is 15.6 Å². The maximum absolute atomic E-state index is 12.9. The second kappa shape index (κ2) is 6.27. The Hall–Kier alpha value is -1.22. The van der Waals surface area contributed by atoms with E-state index in [0.29, 0.717) is 4.31 Å². The molecule has 0 aromatic carbocycles. The summed E-state index contributed by atoms with van der Waals surface area (Å²) in [7, 11) is -1.52. The van der Waals surface area contributed by atoms with E-state index in [-0.39, 0.29) is 9.88 Å². The monoisotopic (exact) mass is 342 g/mol. The topological polar surface area (TPSA) is 77.3 Å². The van der Waals surface area contributed by atoms with Crippen molar-refractivity contribution >= 4 is 21.5 Å². The van der Waals surface area contributed by atoms with E-state index < -0.39 is 35.2 Å². The van der Waals surface area contributed by atoms with Crippen LogP contribution in [0.15, 0.2) is 0 Å². The van der Waals surface area contributed by atoms with Gasteiger partial charge in [0, 0.05) is 14.1 Å². The summed E-state index contributed by atoms with van der Waals surface area (Å²) in [6.07, 6.45) is -4.67. The fraction of sp³-hybridized carbons (Fsp3) is 0.600. The maximum atomic E-state index is 12.9. The molecule has 21 heavy (non-hydrogen) atoms. The summed E-state index contributed by atoms with van der Waals surface area (Å²) in [5.41, 5.74) is -1.11. The Morgan fingerprint density at radius 1 is 1.38 bits per heavy atom. The smallest absolute Gasteiger partial charge is 0.237 e. The molecule has 1 heterocycles. The van der Waals surface area contributed by atoms with Crippen LogP contribution in [-0.4, -0.2) is 42.7 Å². The number of hydrogen-bond donors (Lipinski definition) is 0. The van der Waals surface area contributed by atoms with Crippen molar-refractivity contribution in [2.24, 2.45) is 0 Å². The zero-order valence-corrected chi connectivity index (χ0v) is 13.1. The fourth-order valence-electron chi connectivity index (χ4n) is 1.49. The molecule has 11 heteroatoms. The molecule has 1 rings (SSSR count). The van der Waals surface area contributed by atoms with Gasteiger partial charge in [-0.2, -0.15) is 35.5 Å². The molecule has 0 bridgehead atoms. The lowest BCUT2D eigenvalue weighted by Gasteiger charge is -2.22. The number of aromatic nitrogens is 1. The minimum absolute atomic E-state index is 0.177. The van der Waals surface area contributed by atoms with E-state index in [1.54, 1.807) is 6.07 Å². The SMILES string of the molecule is Cc1nc(C(F)(F)F)c(CN(CC#N)S(=O)(=O)N(C)C)s1. The number of thiazole rings is 1. The lowest BCUT2D eigenvalue weighted by molar-refractivity contribution is -0.141. The van der Waals surface area contributed by atoms with Gasteiger partial charge in [-0.05, 0) is 6.92 Å². The quantitative estimate of drug-likeness (QED) is 0.762. The van der Waals surface area contributed by atoms with E-state index in [4.69, 9.17) is 5.26 Å². The Morgan fingerprint density at radius 3 is 2.38 bits per heavy atom. The largest absolute Gasteiger partial charge is 0.434 e. The number of rotatable bonds is 5. The van der Waals surface area contributed by atoms with Crippen molar-refractivity contribution in [2.75, 3.05) is 20.6 Å². The van der Waals surface area contributed by atoms with Gasteiger partial charge >= 0.3 is 6.18 Å². The van der Waals surface area contributed by atoms with E-state index in [0.717, 1.165) is 15.6 Å². The van der Waals surface area contributed by atoms with Crippen LogP contribution in [0.5, 0.6) is 0 Å². The van der Waals surface area contributed by atoms with Gasteiger partial charge in [0.2, 0.25) is 0 Å². The number of aryl methyl sites for hydroxylation is 1. The van der Waals surface area contributed by atoms with Crippen LogP contribution in [0.1, 0.15) is 15.6 Å². The van der Waals surface area contributed by atoms with Crippen LogP contribution >= 0.6 is 11.3 Å². The first-order chi connectivity index (χ1) is 9.50. The normalized spacial score (nSPS) is 12.9. The molecular formula is C10H13F3N4O2S2. The molecule has 0 aliphatic heterocycles. The molecule has 6 nitrogen and oxygen atoms in total. The van der Waals surface area contributed by atoms with Gasteiger partial charge in [0.1, 0.15) is 6.54 Å². The molecular weight excluding hydrogens is 329 g/mol. The Labute approximate surface area is 124 Å². The molecule has 0 atom stereocenters. The standard InChI is InChI=1S/C10H13F3N4O2S2/c1-7-15-9(10(11,12)13)8(20-7)6-17(5-4-14)21(18,19)16(2)3/h5-6H2,1-3H3.